The zero-order valence-electron chi connectivity index (χ0n) is 7.49. The molecule has 12 heavy (non-hydrogen) atoms. The summed E-state index contributed by atoms with van der Waals surface area (Å²) in [6.45, 7) is 5.83. The molecule has 0 spiro atoms. The molecule has 0 bridgehead atoms. The number of rotatable bonds is 1. The minimum atomic E-state index is -0.232. The van der Waals surface area contributed by atoms with Crippen molar-refractivity contribution in [1.29, 1.82) is 0 Å². The van der Waals surface area contributed by atoms with E-state index in [0.717, 1.165) is 5.56 Å². The second-order valence-electron chi connectivity index (χ2n) is 3.28. The number of halogens is 2. The first kappa shape index (κ1) is 9.53. The Bertz CT molecular complexity index is 292. The van der Waals surface area contributed by atoms with Crippen molar-refractivity contribution in [1.82, 2.24) is 0 Å². The molecule has 1 rings (SSSR count). The molecule has 0 atom stereocenters. The molecule has 0 radical (unpaired) electrons. The lowest BCUT2D eigenvalue weighted by Gasteiger charge is -2.09. The van der Waals surface area contributed by atoms with Crippen molar-refractivity contribution in [3.8, 4) is 0 Å². The van der Waals surface area contributed by atoms with Crippen LogP contribution in [0.1, 0.15) is 30.9 Å². The summed E-state index contributed by atoms with van der Waals surface area (Å²) in [6.07, 6.45) is 0. The average molecular weight is 187 g/mol. The van der Waals surface area contributed by atoms with Gasteiger partial charge in [-0.05, 0) is 30.0 Å². The van der Waals surface area contributed by atoms with Crippen LogP contribution in [0.4, 0.5) is 4.39 Å². The molecule has 1 aromatic carbocycles. The van der Waals surface area contributed by atoms with Crippen molar-refractivity contribution in [2.24, 2.45) is 0 Å². The van der Waals surface area contributed by atoms with Gasteiger partial charge in [0.2, 0.25) is 0 Å². The topological polar surface area (TPSA) is 0 Å². The summed E-state index contributed by atoms with van der Waals surface area (Å²) < 4.78 is 12.9. The van der Waals surface area contributed by atoms with Crippen LogP contribution in [0.2, 0.25) is 5.02 Å². The van der Waals surface area contributed by atoms with Gasteiger partial charge in [-0.25, -0.2) is 4.39 Å². The molecule has 0 saturated heterocycles. The van der Waals surface area contributed by atoms with E-state index < -0.39 is 0 Å². The van der Waals surface area contributed by atoms with Crippen molar-refractivity contribution in [2.75, 3.05) is 0 Å². The van der Waals surface area contributed by atoms with Crippen LogP contribution in [-0.2, 0) is 0 Å². The van der Waals surface area contributed by atoms with Gasteiger partial charge in [0, 0.05) is 5.02 Å². The van der Waals surface area contributed by atoms with Gasteiger partial charge in [0.15, 0.2) is 0 Å². The summed E-state index contributed by atoms with van der Waals surface area (Å²) in [6, 6.07) is 3.19. The molecule has 0 aliphatic rings. The minimum absolute atomic E-state index is 0.232. The van der Waals surface area contributed by atoms with Crippen molar-refractivity contribution in [2.45, 2.75) is 26.7 Å². The lowest BCUT2D eigenvalue weighted by atomic mass is 10.0. The fourth-order valence-electron chi connectivity index (χ4n) is 1.12. The zero-order chi connectivity index (χ0) is 9.30. The quantitative estimate of drug-likeness (QED) is 0.624. The van der Waals surface area contributed by atoms with Crippen molar-refractivity contribution < 1.29 is 4.39 Å². The van der Waals surface area contributed by atoms with E-state index in [1.54, 1.807) is 6.92 Å². The first-order chi connectivity index (χ1) is 5.52. The Kier molecular flexibility index (Phi) is 2.73. The molecule has 0 aliphatic heterocycles. The van der Waals surface area contributed by atoms with Crippen molar-refractivity contribution in [3.63, 3.8) is 0 Å². The SMILES string of the molecule is Cc1cc(C(C)C)c(Cl)cc1F. The van der Waals surface area contributed by atoms with E-state index in [1.807, 2.05) is 19.9 Å². The van der Waals surface area contributed by atoms with Gasteiger partial charge in [-0.1, -0.05) is 31.5 Å². The van der Waals surface area contributed by atoms with E-state index in [4.69, 9.17) is 11.6 Å². The van der Waals surface area contributed by atoms with Crippen molar-refractivity contribution in [3.05, 3.63) is 34.1 Å². The Morgan fingerprint density at radius 3 is 2.42 bits per heavy atom. The van der Waals surface area contributed by atoms with Crippen LogP contribution >= 0.6 is 11.6 Å². The highest BCUT2D eigenvalue weighted by molar-refractivity contribution is 6.31. The Labute approximate surface area is 77.4 Å². The second-order valence-corrected chi connectivity index (χ2v) is 3.68. The largest absolute Gasteiger partial charge is 0.207 e. The molecule has 0 nitrogen and oxygen atoms in total. The summed E-state index contributed by atoms with van der Waals surface area (Å²) in [4.78, 5) is 0. The summed E-state index contributed by atoms with van der Waals surface area (Å²) in [5.41, 5.74) is 1.67. The van der Waals surface area contributed by atoms with Gasteiger partial charge in [-0.2, -0.15) is 0 Å². The van der Waals surface area contributed by atoms with Gasteiger partial charge in [-0.3, -0.25) is 0 Å². The molecule has 0 aromatic heterocycles. The maximum absolute atomic E-state index is 12.9. The number of hydrogen-bond acceptors (Lipinski definition) is 0. The Hall–Kier alpha value is -0.560. The minimum Gasteiger partial charge on any atom is -0.207 e. The fourth-order valence-corrected chi connectivity index (χ4v) is 1.49. The van der Waals surface area contributed by atoms with E-state index in [9.17, 15) is 4.39 Å². The van der Waals surface area contributed by atoms with Crippen LogP contribution in [0.3, 0.4) is 0 Å². The Balaban J connectivity index is 3.23. The fraction of sp³-hybridized carbons (Fsp3) is 0.400. The standard InChI is InChI=1S/C10H12ClF/c1-6(2)8-4-7(3)10(12)5-9(8)11/h4-6H,1-3H3. The van der Waals surface area contributed by atoms with Gasteiger partial charge >= 0.3 is 0 Å². The van der Waals surface area contributed by atoms with Crippen LogP contribution < -0.4 is 0 Å². The number of benzene rings is 1. The first-order valence-corrected chi connectivity index (χ1v) is 4.35. The van der Waals surface area contributed by atoms with E-state index in [0.29, 0.717) is 16.5 Å². The van der Waals surface area contributed by atoms with Crippen molar-refractivity contribution >= 4 is 11.6 Å². The molecule has 0 aliphatic carbocycles. The maximum Gasteiger partial charge on any atom is 0.127 e. The molecular weight excluding hydrogens is 175 g/mol. The van der Waals surface area contributed by atoms with E-state index >= 15 is 0 Å². The van der Waals surface area contributed by atoms with Gasteiger partial charge in [0.05, 0.1) is 0 Å². The monoisotopic (exact) mass is 186 g/mol. The summed E-state index contributed by atoms with van der Waals surface area (Å²) in [5.74, 6) is 0.112. The highest BCUT2D eigenvalue weighted by atomic mass is 35.5. The van der Waals surface area contributed by atoms with Crippen LogP contribution in [0.25, 0.3) is 0 Å². The third kappa shape index (κ3) is 1.78. The van der Waals surface area contributed by atoms with Gasteiger partial charge < -0.3 is 0 Å². The zero-order valence-corrected chi connectivity index (χ0v) is 8.24. The third-order valence-electron chi connectivity index (χ3n) is 1.90. The summed E-state index contributed by atoms with van der Waals surface area (Å²) >= 11 is 5.86. The normalized spacial score (nSPS) is 10.8. The third-order valence-corrected chi connectivity index (χ3v) is 2.23. The molecule has 0 saturated carbocycles. The Morgan fingerprint density at radius 2 is 1.92 bits per heavy atom. The average Bonchev–Trinajstić information content (AvgIpc) is 1.96. The number of aryl methyl sites for hydroxylation is 1. The van der Waals surface area contributed by atoms with Crippen LogP contribution in [-0.4, -0.2) is 0 Å². The van der Waals surface area contributed by atoms with E-state index in [-0.39, 0.29) is 5.82 Å². The summed E-state index contributed by atoms with van der Waals surface area (Å²) in [5, 5.41) is 0.521. The van der Waals surface area contributed by atoms with Gasteiger partial charge in [0.1, 0.15) is 5.82 Å². The number of hydrogen-bond donors (Lipinski definition) is 0. The smallest absolute Gasteiger partial charge is 0.127 e. The highest BCUT2D eigenvalue weighted by Gasteiger charge is 2.07. The predicted octanol–water partition coefficient (Wildman–Crippen LogP) is 3.91. The Morgan fingerprint density at radius 1 is 1.33 bits per heavy atom. The maximum atomic E-state index is 12.9. The molecule has 0 N–H and O–H groups in total. The van der Waals surface area contributed by atoms with Gasteiger partial charge in [-0.15, -0.1) is 0 Å². The van der Waals surface area contributed by atoms with E-state index in [2.05, 4.69) is 0 Å². The van der Waals surface area contributed by atoms with Gasteiger partial charge in [0.25, 0.3) is 0 Å². The molecule has 0 fully saturated rings. The molecule has 2 heteroatoms. The lowest BCUT2D eigenvalue weighted by molar-refractivity contribution is 0.617. The highest BCUT2D eigenvalue weighted by Crippen LogP contribution is 2.26. The summed E-state index contributed by atoms with van der Waals surface area (Å²) in [7, 11) is 0. The van der Waals surface area contributed by atoms with Crippen LogP contribution in [0, 0.1) is 12.7 Å². The molecule has 0 heterocycles. The second kappa shape index (κ2) is 3.44. The molecule has 66 valence electrons. The lowest BCUT2D eigenvalue weighted by Crippen LogP contribution is -1.92. The van der Waals surface area contributed by atoms with Crippen LogP contribution in [0.5, 0.6) is 0 Å². The molecule has 0 unspecified atom stereocenters. The molecule has 1 aromatic rings. The molecular formula is C10H12ClF. The predicted molar refractivity (Wildman–Crippen MR) is 50.2 cm³/mol. The first-order valence-electron chi connectivity index (χ1n) is 3.98. The molecule has 0 amide bonds. The van der Waals surface area contributed by atoms with E-state index in [1.165, 1.54) is 6.07 Å². The van der Waals surface area contributed by atoms with Crippen LogP contribution in [0.15, 0.2) is 12.1 Å².